The highest BCUT2D eigenvalue weighted by Gasteiger charge is 2.33. The number of hydrogen-bond donors (Lipinski definition) is 1. The van der Waals surface area contributed by atoms with Crippen LogP contribution in [0.3, 0.4) is 0 Å². The summed E-state index contributed by atoms with van der Waals surface area (Å²) in [4.78, 5) is 14.6. The van der Waals surface area contributed by atoms with Crippen molar-refractivity contribution in [3.63, 3.8) is 0 Å². The van der Waals surface area contributed by atoms with Crippen LogP contribution in [0.25, 0.3) is 0 Å². The molecule has 4 heteroatoms. The molecule has 1 atom stereocenters. The summed E-state index contributed by atoms with van der Waals surface area (Å²) < 4.78 is 5.81. The number of hydrogen-bond acceptors (Lipinski definition) is 3. The number of carbonyl (C=O) groups excluding carboxylic acids is 1. The Balaban J connectivity index is 1.52. The van der Waals surface area contributed by atoms with Crippen LogP contribution in [0.5, 0.6) is 5.75 Å². The van der Waals surface area contributed by atoms with Crippen molar-refractivity contribution >= 4 is 5.91 Å². The molecular weight excluding hydrogens is 264 g/mol. The molecule has 0 saturated carbocycles. The van der Waals surface area contributed by atoms with Crippen molar-refractivity contribution in [3.8, 4) is 5.75 Å². The number of nitrogens with one attached hydrogen (secondary N) is 1. The van der Waals surface area contributed by atoms with Gasteiger partial charge in [0.15, 0.2) is 6.10 Å². The highest BCUT2D eigenvalue weighted by Crippen LogP contribution is 2.29. The number of para-hydroxylation sites is 1. The largest absolute Gasteiger partial charge is 0.480 e. The van der Waals surface area contributed by atoms with Gasteiger partial charge in [-0.1, -0.05) is 25.1 Å². The average Bonchev–Trinajstić information content (AvgIpc) is 2.96. The second-order valence-electron chi connectivity index (χ2n) is 5.99. The normalized spacial score (nSPS) is 22.0. The minimum absolute atomic E-state index is 0.160. The Bertz CT molecular complexity index is 470. The van der Waals surface area contributed by atoms with Crippen molar-refractivity contribution in [2.24, 2.45) is 5.92 Å². The van der Waals surface area contributed by atoms with Crippen LogP contribution in [0, 0.1) is 5.92 Å². The second-order valence-corrected chi connectivity index (χ2v) is 5.99. The molecule has 1 aromatic carbocycles. The number of amides is 1. The Labute approximate surface area is 126 Å². The monoisotopic (exact) mass is 288 g/mol. The summed E-state index contributed by atoms with van der Waals surface area (Å²) in [5.41, 5.74) is 1.15. The molecular formula is C17H24N2O2. The van der Waals surface area contributed by atoms with Gasteiger partial charge in [-0.05, 0) is 43.5 Å². The van der Waals surface area contributed by atoms with Gasteiger partial charge in [0.1, 0.15) is 5.75 Å². The molecule has 114 valence electrons. The molecule has 0 bridgehead atoms. The Kier molecular flexibility index (Phi) is 4.44. The number of piperidine rings is 1. The lowest BCUT2D eigenvalue weighted by Gasteiger charge is -2.33. The Morgan fingerprint density at radius 3 is 2.81 bits per heavy atom. The first-order valence-corrected chi connectivity index (χ1v) is 8.02. The van der Waals surface area contributed by atoms with Gasteiger partial charge in [-0.3, -0.25) is 4.79 Å². The lowest BCUT2D eigenvalue weighted by Crippen LogP contribution is -2.46. The third-order valence-electron chi connectivity index (χ3n) is 4.53. The summed E-state index contributed by atoms with van der Waals surface area (Å²) >= 11 is 0. The maximum Gasteiger partial charge on any atom is 0.263 e. The molecule has 2 aliphatic heterocycles. The highest BCUT2D eigenvalue weighted by atomic mass is 16.5. The van der Waals surface area contributed by atoms with Crippen molar-refractivity contribution in [3.05, 3.63) is 29.8 Å². The van der Waals surface area contributed by atoms with E-state index in [4.69, 9.17) is 4.74 Å². The van der Waals surface area contributed by atoms with E-state index < -0.39 is 0 Å². The minimum Gasteiger partial charge on any atom is -0.480 e. The first kappa shape index (κ1) is 14.4. The number of likely N-dealkylation sites (tertiary alicyclic amines) is 1. The van der Waals surface area contributed by atoms with Crippen molar-refractivity contribution in [1.82, 2.24) is 10.2 Å². The zero-order valence-corrected chi connectivity index (χ0v) is 12.7. The average molecular weight is 288 g/mol. The number of rotatable bonds is 4. The number of fused-ring (bicyclic) bond motifs is 1. The summed E-state index contributed by atoms with van der Waals surface area (Å²) in [6.45, 7) is 5.96. The van der Waals surface area contributed by atoms with E-state index in [1.54, 1.807) is 0 Å². The molecule has 3 rings (SSSR count). The van der Waals surface area contributed by atoms with Gasteiger partial charge in [0, 0.05) is 19.5 Å². The summed E-state index contributed by atoms with van der Waals surface area (Å²) in [5.74, 6) is 1.74. The van der Waals surface area contributed by atoms with Crippen molar-refractivity contribution < 1.29 is 9.53 Å². The molecule has 0 radical (unpaired) electrons. The van der Waals surface area contributed by atoms with E-state index in [0.29, 0.717) is 12.3 Å². The Morgan fingerprint density at radius 1 is 1.33 bits per heavy atom. The van der Waals surface area contributed by atoms with Crippen LogP contribution in [-0.4, -0.2) is 43.1 Å². The van der Waals surface area contributed by atoms with Crippen molar-refractivity contribution in [2.45, 2.75) is 32.3 Å². The fourth-order valence-corrected chi connectivity index (χ4v) is 3.23. The maximum absolute atomic E-state index is 12.6. The van der Waals surface area contributed by atoms with Gasteiger partial charge in [-0.15, -0.1) is 0 Å². The van der Waals surface area contributed by atoms with Crippen LogP contribution in [0.1, 0.15) is 25.3 Å². The molecule has 0 spiro atoms. The van der Waals surface area contributed by atoms with E-state index in [0.717, 1.165) is 50.3 Å². The fraction of sp³-hybridized carbons (Fsp3) is 0.588. The van der Waals surface area contributed by atoms with Crippen LogP contribution in [0.15, 0.2) is 24.3 Å². The third kappa shape index (κ3) is 3.21. The Hall–Kier alpha value is -1.55. The molecule has 1 fully saturated rings. The summed E-state index contributed by atoms with van der Waals surface area (Å²) in [6, 6.07) is 7.95. The number of carbonyl (C=O) groups is 1. The lowest BCUT2D eigenvalue weighted by molar-refractivity contribution is -0.139. The van der Waals surface area contributed by atoms with E-state index in [-0.39, 0.29) is 12.0 Å². The van der Waals surface area contributed by atoms with Gasteiger partial charge in [0.05, 0.1) is 0 Å². The number of benzene rings is 1. The molecule has 2 aliphatic rings. The molecule has 1 saturated heterocycles. The Morgan fingerprint density at radius 2 is 2.10 bits per heavy atom. The second kappa shape index (κ2) is 6.48. The van der Waals surface area contributed by atoms with Gasteiger partial charge in [0.2, 0.25) is 0 Å². The molecule has 1 amide bonds. The van der Waals surface area contributed by atoms with Gasteiger partial charge in [0.25, 0.3) is 5.91 Å². The van der Waals surface area contributed by atoms with E-state index in [2.05, 4.69) is 12.2 Å². The SMILES string of the molecule is CCNCC1CCN(C(=O)C2Cc3ccccc3O2)CC1. The van der Waals surface area contributed by atoms with Crippen LogP contribution >= 0.6 is 0 Å². The zero-order valence-electron chi connectivity index (χ0n) is 12.7. The quantitative estimate of drug-likeness (QED) is 0.919. The standard InChI is InChI=1S/C17H24N2O2/c1-2-18-12-13-7-9-19(10-8-13)17(20)16-11-14-5-3-4-6-15(14)21-16/h3-6,13,16,18H,2,7-12H2,1H3. The van der Waals surface area contributed by atoms with E-state index in [1.807, 2.05) is 29.2 Å². The topological polar surface area (TPSA) is 41.6 Å². The summed E-state index contributed by atoms with van der Waals surface area (Å²) in [6.07, 6.45) is 2.59. The summed E-state index contributed by atoms with van der Waals surface area (Å²) in [5, 5.41) is 3.40. The van der Waals surface area contributed by atoms with Crippen LogP contribution in [0.2, 0.25) is 0 Å². The fourth-order valence-electron chi connectivity index (χ4n) is 3.23. The molecule has 0 aromatic heterocycles. The highest BCUT2D eigenvalue weighted by molar-refractivity contribution is 5.82. The maximum atomic E-state index is 12.6. The van der Waals surface area contributed by atoms with Gasteiger partial charge in [-0.25, -0.2) is 0 Å². The molecule has 4 nitrogen and oxygen atoms in total. The molecule has 1 aromatic rings. The third-order valence-corrected chi connectivity index (χ3v) is 4.53. The minimum atomic E-state index is -0.312. The number of ether oxygens (including phenoxy) is 1. The molecule has 1 unspecified atom stereocenters. The molecule has 0 aliphatic carbocycles. The van der Waals surface area contributed by atoms with E-state index in [9.17, 15) is 4.79 Å². The first-order chi connectivity index (χ1) is 10.3. The van der Waals surface area contributed by atoms with Crippen molar-refractivity contribution in [1.29, 1.82) is 0 Å². The van der Waals surface area contributed by atoms with Crippen LogP contribution in [0.4, 0.5) is 0 Å². The zero-order chi connectivity index (χ0) is 14.7. The van der Waals surface area contributed by atoms with E-state index >= 15 is 0 Å². The van der Waals surface area contributed by atoms with Crippen LogP contribution in [-0.2, 0) is 11.2 Å². The van der Waals surface area contributed by atoms with Gasteiger partial charge >= 0.3 is 0 Å². The van der Waals surface area contributed by atoms with E-state index in [1.165, 1.54) is 0 Å². The first-order valence-electron chi connectivity index (χ1n) is 8.02. The van der Waals surface area contributed by atoms with Gasteiger partial charge in [-0.2, -0.15) is 0 Å². The number of nitrogens with zero attached hydrogens (tertiary/aromatic N) is 1. The lowest BCUT2D eigenvalue weighted by atomic mass is 9.96. The predicted molar refractivity (Wildman–Crippen MR) is 82.4 cm³/mol. The van der Waals surface area contributed by atoms with Crippen molar-refractivity contribution in [2.75, 3.05) is 26.2 Å². The predicted octanol–water partition coefficient (Wildman–Crippen LogP) is 1.84. The molecule has 1 N–H and O–H groups in total. The molecule has 21 heavy (non-hydrogen) atoms. The molecule has 2 heterocycles. The van der Waals surface area contributed by atoms with Gasteiger partial charge < -0.3 is 15.0 Å². The summed E-state index contributed by atoms with van der Waals surface area (Å²) in [7, 11) is 0. The van der Waals surface area contributed by atoms with Crippen LogP contribution < -0.4 is 10.1 Å². The smallest absolute Gasteiger partial charge is 0.263 e.